The number of aliphatic hydroxyl groups is 2. The van der Waals surface area contributed by atoms with Gasteiger partial charge < -0.3 is 44.5 Å². The highest BCUT2D eigenvalue weighted by molar-refractivity contribution is 6.21. The number of phenols is 3. The number of aliphatic hydroxyl groups excluding tert-OH is 2. The second kappa shape index (κ2) is 38.0. The molecule has 0 radical (unpaired) electrons. The van der Waals surface area contributed by atoms with E-state index in [0.29, 0.717) is 56.1 Å². The van der Waals surface area contributed by atoms with Crippen LogP contribution in [0.1, 0.15) is 116 Å². The summed E-state index contributed by atoms with van der Waals surface area (Å²) < 4.78 is 20.8. The molecule has 20 rings (SSSR count). The minimum absolute atomic E-state index is 0.0495. The van der Waals surface area contributed by atoms with Gasteiger partial charge in [0, 0.05) is 43.2 Å². The van der Waals surface area contributed by atoms with Gasteiger partial charge in [0.1, 0.15) is 55.2 Å². The molecule has 0 bridgehead atoms. The Morgan fingerprint density at radius 2 is 0.508 bits per heavy atom. The molecule has 1 aliphatic heterocycles. The van der Waals surface area contributed by atoms with Crippen LogP contribution in [0.4, 0.5) is 4.79 Å². The van der Waals surface area contributed by atoms with Gasteiger partial charge in [-0.3, -0.25) is 4.79 Å². The maximum Gasteiger partial charge on any atom is 0.508 e. The van der Waals surface area contributed by atoms with Gasteiger partial charge in [-0.25, -0.2) is 4.79 Å². The van der Waals surface area contributed by atoms with Gasteiger partial charge in [-0.2, -0.15) is 0 Å². The van der Waals surface area contributed by atoms with Crippen LogP contribution in [0.2, 0.25) is 0 Å². The first-order valence-corrected chi connectivity index (χ1v) is 41.3. The van der Waals surface area contributed by atoms with E-state index in [-0.39, 0.29) is 32.2 Å². The zero-order chi connectivity index (χ0) is 83.6. The van der Waals surface area contributed by atoms with E-state index in [9.17, 15) is 35.1 Å². The topological polar surface area (TPSA) is 172 Å². The number of cyclic esters (lactones) is 2. The third-order valence-corrected chi connectivity index (χ3v) is 22.9. The molecule has 1 saturated heterocycles. The number of fused-ring (bicyclic) bond motifs is 9. The lowest BCUT2D eigenvalue weighted by Crippen LogP contribution is -2.29. The van der Waals surface area contributed by atoms with Gasteiger partial charge in [-0.05, 0) is 164 Å². The summed E-state index contributed by atoms with van der Waals surface area (Å²) in [7, 11) is 0. The standard InChI is InChI=1S/C43H38O4.C39H30O2.C13H8O.C13H12O.C3H4O3/c44-23-25-46-41-21-19-35(29-33(41)27-31-11-3-1-4-12-31)43(39-17-9-7-15-37(39)38-16-8-10-18-40(38)43)36-20-22-42(47-26-24-45)34(30-36)28-32-13-5-2-6-14-32;40-37-21-19-31(25-29(37)23-27-11-3-1-4-12-27)39(35-17-9-7-15-33(35)34-16-8-10-18-36(34)39)32-20-22-38(41)30(26-32)24-28-13-5-2-6-14-28;14-13-11-7-3-1-5-9(11)10-6-2-4-8-12(10)13;14-13-9-5-4-8-12(13)10-11-6-2-1-3-7-11;4-3-5-1-2-6-3/h1-22,29-30,44-45H,23-28H2;1-22,25-26,40-41H,23-24H2;1-8H;1-9,14H,10H2;1-2H2. The van der Waals surface area contributed by atoms with E-state index in [2.05, 4.69) is 252 Å². The van der Waals surface area contributed by atoms with Crippen molar-refractivity contribution in [1.82, 2.24) is 0 Å². The molecule has 16 aromatic rings. The van der Waals surface area contributed by atoms with Crippen LogP contribution in [-0.2, 0) is 52.4 Å². The number of para-hydroxylation sites is 1. The molecule has 0 unspecified atom stereocenters. The maximum atomic E-state index is 11.9. The molecule has 1 fully saturated rings. The molecule has 16 aromatic carbocycles. The van der Waals surface area contributed by atoms with Gasteiger partial charge in [-0.15, -0.1) is 0 Å². The normalized spacial score (nSPS) is 12.8. The molecule has 0 spiro atoms. The van der Waals surface area contributed by atoms with E-state index in [1.54, 1.807) is 6.07 Å². The Hall–Kier alpha value is -14.6. The summed E-state index contributed by atoms with van der Waals surface area (Å²) in [5, 5.41) is 50.8. The minimum Gasteiger partial charge on any atom is -0.508 e. The van der Waals surface area contributed by atoms with Gasteiger partial charge >= 0.3 is 6.16 Å². The van der Waals surface area contributed by atoms with Crippen LogP contribution >= 0.6 is 0 Å². The monoisotopic (exact) mass is 1600 g/mol. The average Bonchev–Trinajstić information content (AvgIpc) is 1.54. The molecule has 3 aliphatic carbocycles. The Bertz CT molecular complexity index is 5970. The molecule has 0 atom stereocenters. The van der Waals surface area contributed by atoms with Crippen LogP contribution in [0.5, 0.6) is 28.7 Å². The Balaban J connectivity index is 0.000000131. The second-order valence-electron chi connectivity index (χ2n) is 30.5. The van der Waals surface area contributed by atoms with E-state index >= 15 is 0 Å². The zero-order valence-electron chi connectivity index (χ0n) is 67.5. The number of aromatic hydroxyl groups is 3. The molecule has 5 N–H and O–H groups in total. The van der Waals surface area contributed by atoms with Gasteiger partial charge in [0.05, 0.1) is 24.0 Å². The lowest BCUT2D eigenvalue weighted by Gasteiger charge is -2.35. The third-order valence-electron chi connectivity index (χ3n) is 22.9. The summed E-state index contributed by atoms with van der Waals surface area (Å²) in [5.41, 5.74) is 27.5. The molecule has 0 aromatic heterocycles. The van der Waals surface area contributed by atoms with E-state index in [1.807, 2.05) is 146 Å². The lowest BCUT2D eigenvalue weighted by molar-refractivity contribution is 0.104. The van der Waals surface area contributed by atoms with Crippen LogP contribution in [0.25, 0.3) is 33.4 Å². The average molecular weight is 1600 g/mol. The molecule has 122 heavy (non-hydrogen) atoms. The molecule has 11 nitrogen and oxygen atoms in total. The van der Waals surface area contributed by atoms with Crippen molar-refractivity contribution in [3.63, 3.8) is 0 Å². The summed E-state index contributed by atoms with van der Waals surface area (Å²) in [6, 6.07) is 134. The third kappa shape index (κ3) is 17.3. The molecule has 602 valence electrons. The molecule has 1 heterocycles. The van der Waals surface area contributed by atoms with Crippen molar-refractivity contribution in [3.8, 4) is 62.1 Å². The van der Waals surface area contributed by atoms with Crippen LogP contribution in [0.3, 0.4) is 0 Å². The van der Waals surface area contributed by atoms with Crippen molar-refractivity contribution >= 4 is 11.9 Å². The number of ketones is 1. The zero-order valence-corrected chi connectivity index (χ0v) is 67.5. The highest BCUT2D eigenvalue weighted by atomic mass is 16.8. The fourth-order valence-corrected chi connectivity index (χ4v) is 17.5. The Morgan fingerprint density at radius 3 is 0.820 bits per heavy atom. The van der Waals surface area contributed by atoms with Gasteiger partial charge in [-0.1, -0.05) is 364 Å². The van der Waals surface area contributed by atoms with Gasteiger partial charge in [0.2, 0.25) is 0 Å². The number of carbonyl (C=O) groups is 2. The quantitative estimate of drug-likeness (QED) is 0.0460. The summed E-state index contributed by atoms with van der Waals surface area (Å²) >= 11 is 0. The van der Waals surface area contributed by atoms with Crippen LogP contribution in [-0.4, -0.2) is 77.1 Å². The SMILES string of the molecule is O=C1OCCO1.O=C1c2ccccc2-c2ccccc21.OCCOc1ccc(C2(c3ccc(OCCO)c(Cc4ccccc4)c3)c3ccccc3-c3ccccc32)cc1Cc1ccccc1.Oc1ccc(C2(c3ccc(O)c(Cc4ccccc4)c3)c3ccccc3-c3ccccc32)cc1Cc1ccccc1.Oc1ccccc1Cc1ccccc1. The Labute approximate surface area is 712 Å². The van der Waals surface area contributed by atoms with Gasteiger partial charge in [0.15, 0.2) is 5.78 Å². The smallest absolute Gasteiger partial charge is 0.508 e. The highest BCUT2D eigenvalue weighted by Gasteiger charge is 2.48. The fraction of sp³-hybridized carbons (Fsp3) is 0.117. The number of hydrogen-bond donors (Lipinski definition) is 5. The summed E-state index contributed by atoms with van der Waals surface area (Å²) in [5.74, 6) is 2.66. The minimum atomic E-state index is -0.620. The number of benzene rings is 16. The second-order valence-corrected chi connectivity index (χ2v) is 30.5. The number of ether oxygens (including phenoxy) is 4. The number of phenolic OH excluding ortho intramolecular Hbond substituents is 3. The van der Waals surface area contributed by atoms with Crippen molar-refractivity contribution in [2.75, 3.05) is 39.6 Å². The molecular formula is C111H92O11. The lowest BCUT2D eigenvalue weighted by atomic mass is 9.67. The van der Waals surface area contributed by atoms with Crippen molar-refractivity contribution in [1.29, 1.82) is 0 Å². The first-order valence-electron chi connectivity index (χ1n) is 41.3. The predicted octanol–water partition coefficient (Wildman–Crippen LogP) is 22.7. The first-order chi connectivity index (χ1) is 60.0. The highest BCUT2D eigenvalue weighted by Crippen LogP contribution is 2.59. The van der Waals surface area contributed by atoms with Crippen LogP contribution in [0, 0.1) is 0 Å². The molecule has 4 aliphatic rings. The fourth-order valence-electron chi connectivity index (χ4n) is 17.5. The van der Waals surface area contributed by atoms with Crippen LogP contribution < -0.4 is 9.47 Å². The summed E-state index contributed by atoms with van der Waals surface area (Å²) in [6.07, 6.45) is 2.90. The largest absolute Gasteiger partial charge is 0.508 e. The van der Waals surface area contributed by atoms with Crippen molar-refractivity contribution in [2.24, 2.45) is 0 Å². The molecule has 0 saturated carbocycles. The Morgan fingerprint density at radius 1 is 0.254 bits per heavy atom. The Kier molecular flexibility index (Phi) is 25.3. The number of hydrogen-bond acceptors (Lipinski definition) is 11. The van der Waals surface area contributed by atoms with Crippen molar-refractivity contribution in [2.45, 2.75) is 42.9 Å². The first kappa shape index (κ1) is 81.1. The number of carbonyl (C=O) groups excluding carboxylic acids is 2. The predicted molar refractivity (Wildman–Crippen MR) is 483 cm³/mol. The van der Waals surface area contributed by atoms with E-state index in [4.69, 9.17) is 9.47 Å². The summed E-state index contributed by atoms with van der Waals surface area (Å²) in [6.45, 7) is 1.20. The number of rotatable bonds is 20. The maximum absolute atomic E-state index is 11.9. The van der Waals surface area contributed by atoms with Crippen LogP contribution in [0.15, 0.2) is 394 Å². The van der Waals surface area contributed by atoms with E-state index < -0.39 is 17.0 Å². The van der Waals surface area contributed by atoms with E-state index in [0.717, 1.165) is 101 Å². The van der Waals surface area contributed by atoms with Crippen molar-refractivity contribution in [3.05, 3.63) is 506 Å². The summed E-state index contributed by atoms with van der Waals surface area (Å²) in [4.78, 5) is 21.7. The van der Waals surface area contributed by atoms with E-state index in [1.165, 1.54) is 61.2 Å². The van der Waals surface area contributed by atoms with Crippen molar-refractivity contribution < 1.29 is 54.1 Å². The molecular weight excluding hydrogens is 1510 g/mol. The molecule has 0 amide bonds. The molecule has 11 heteroatoms. The van der Waals surface area contributed by atoms with Gasteiger partial charge in [0.25, 0.3) is 0 Å².